The summed E-state index contributed by atoms with van der Waals surface area (Å²) in [6, 6.07) is 21.0. The number of aromatic nitrogens is 1. The Morgan fingerprint density at radius 3 is 2.43 bits per heavy atom. The molecule has 0 atom stereocenters. The summed E-state index contributed by atoms with van der Waals surface area (Å²) in [7, 11) is 0. The fraction of sp³-hybridized carbons (Fsp3) is 0.0526. The molecule has 0 unspecified atom stereocenters. The van der Waals surface area contributed by atoms with E-state index in [1.165, 1.54) is 0 Å². The minimum absolute atomic E-state index is 0.0905. The van der Waals surface area contributed by atoms with Crippen molar-refractivity contribution in [2.75, 3.05) is 5.32 Å². The summed E-state index contributed by atoms with van der Waals surface area (Å²) in [4.78, 5) is 16.3. The Bertz CT molecular complexity index is 773. The van der Waals surface area contributed by atoms with Crippen LogP contribution >= 0.6 is 0 Å². The van der Waals surface area contributed by atoms with Gasteiger partial charge in [-0.1, -0.05) is 36.4 Å². The van der Waals surface area contributed by atoms with Crippen LogP contribution in [-0.4, -0.2) is 10.9 Å². The zero-order valence-electron chi connectivity index (χ0n) is 12.6. The van der Waals surface area contributed by atoms with E-state index in [-0.39, 0.29) is 5.91 Å². The van der Waals surface area contributed by atoms with Crippen molar-refractivity contribution in [1.29, 1.82) is 0 Å². The number of nitrogens with one attached hydrogen (secondary N) is 2. The summed E-state index contributed by atoms with van der Waals surface area (Å²) in [6.45, 7) is 0.516. The first-order valence-electron chi connectivity index (χ1n) is 7.40. The molecule has 3 rings (SSSR count). The van der Waals surface area contributed by atoms with Gasteiger partial charge in [0, 0.05) is 35.9 Å². The number of benzene rings is 2. The van der Waals surface area contributed by atoms with Gasteiger partial charge in [-0.2, -0.15) is 0 Å². The number of carbonyl (C=O) groups is 1. The molecule has 3 aromatic rings. The van der Waals surface area contributed by atoms with Crippen LogP contribution in [0.2, 0.25) is 0 Å². The summed E-state index contributed by atoms with van der Waals surface area (Å²) in [5, 5.41) is 6.18. The smallest absolute Gasteiger partial charge is 0.251 e. The van der Waals surface area contributed by atoms with Crippen molar-refractivity contribution in [3.63, 3.8) is 0 Å². The number of rotatable bonds is 5. The van der Waals surface area contributed by atoms with Crippen LogP contribution in [-0.2, 0) is 6.54 Å². The minimum Gasteiger partial charge on any atom is -0.355 e. The highest BCUT2D eigenvalue weighted by atomic mass is 16.1. The summed E-state index contributed by atoms with van der Waals surface area (Å²) in [5.41, 5.74) is 3.50. The van der Waals surface area contributed by atoms with Gasteiger partial charge in [0.25, 0.3) is 5.91 Å². The highest BCUT2D eigenvalue weighted by molar-refractivity contribution is 5.95. The second-order valence-electron chi connectivity index (χ2n) is 5.11. The van der Waals surface area contributed by atoms with Gasteiger partial charge in [0.15, 0.2) is 0 Å². The van der Waals surface area contributed by atoms with Gasteiger partial charge >= 0.3 is 0 Å². The molecule has 1 aromatic heterocycles. The molecule has 1 heterocycles. The Morgan fingerprint density at radius 2 is 1.65 bits per heavy atom. The van der Waals surface area contributed by atoms with E-state index in [0.717, 1.165) is 16.9 Å². The van der Waals surface area contributed by atoms with Gasteiger partial charge in [-0.3, -0.25) is 9.78 Å². The molecule has 0 radical (unpaired) electrons. The standard InChI is InChI=1S/C19H17N3O/c23-19(21-14-15-5-2-1-3-6-15)16-7-4-8-18(13-16)22-17-9-11-20-12-10-17/h1-13H,14H2,(H,20,22)(H,21,23). The van der Waals surface area contributed by atoms with E-state index >= 15 is 0 Å². The third kappa shape index (κ3) is 4.17. The molecule has 0 saturated carbocycles. The first-order chi connectivity index (χ1) is 11.3. The zero-order chi connectivity index (χ0) is 15.9. The second kappa shape index (κ2) is 7.22. The van der Waals surface area contributed by atoms with Gasteiger partial charge in [-0.25, -0.2) is 0 Å². The normalized spacial score (nSPS) is 10.1. The molecule has 0 fully saturated rings. The number of nitrogens with zero attached hydrogens (tertiary/aromatic N) is 1. The van der Waals surface area contributed by atoms with E-state index in [1.54, 1.807) is 18.5 Å². The number of anilines is 2. The molecule has 0 saturated heterocycles. The third-order valence-electron chi connectivity index (χ3n) is 3.39. The van der Waals surface area contributed by atoms with Crippen LogP contribution in [0, 0.1) is 0 Å². The molecule has 114 valence electrons. The van der Waals surface area contributed by atoms with Crippen LogP contribution in [0.3, 0.4) is 0 Å². The van der Waals surface area contributed by atoms with Crippen molar-refractivity contribution in [2.24, 2.45) is 0 Å². The molecule has 0 spiro atoms. The number of hydrogen-bond acceptors (Lipinski definition) is 3. The molecule has 2 N–H and O–H groups in total. The van der Waals surface area contributed by atoms with E-state index in [1.807, 2.05) is 60.7 Å². The highest BCUT2D eigenvalue weighted by Gasteiger charge is 2.06. The van der Waals surface area contributed by atoms with Gasteiger partial charge in [0.1, 0.15) is 0 Å². The van der Waals surface area contributed by atoms with Crippen molar-refractivity contribution in [1.82, 2.24) is 10.3 Å². The van der Waals surface area contributed by atoms with Gasteiger partial charge in [-0.15, -0.1) is 0 Å². The molecule has 0 bridgehead atoms. The SMILES string of the molecule is O=C(NCc1ccccc1)c1cccc(Nc2ccncc2)c1. The molecule has 4 nitrogen and oxygen atoms in total. The van der Waals surface area contributed by atoms with Crippen molar-refractivity contribution in [2.45, 2.75) is 6.54 Å². The second-order valence-corrected chi connectivity index (χ2v) is 5.11. The largest absolute Gasteiger partial charge is 0.355 e. The quantitative estimate of drug-likeness (QED) is 0.754. The van der Waals surface area contributed by atoms with Gasteiger partial charge in [0.05, 0.1) is 0 Å². The molecule has 4 heteroatoms. The van der Waals surface area contributed by atoms with E-state index in [2.05, 4.69) is 15.6 Å². The zero-order valence-corrected chi connectivity index (χ0v) is 12.6. The molecular weight excluding hydrogens is 286 g/mol. The first kappa shape index (κ1) is 14.8. The number of carbonyl (C=O) groups excluding carboxylic acids is 1. The lowest BCUT2D eigenvalue weighted by molar-refractivity contribution is 0.0951. The summed E-state index contributed by atoms with van der Waals surface area (Å²) in [6.07, 6.45) is 3.44. The van der Waals surface area contributed by atoms with Crippen molar-refractivity contribution in [3.05, 3.63) is 90.3 Å². The van der Waals surface area contributed by atoms with E-state index in [9.17, 15) is 4.79 Å². The maximum atomic E-state index is 12.3. The molecule has 0 aliphatic heterocycles. The molecule has 0 aliphatic rings. The van der Waals surface area contributed by atoms with E-state index in [4.69, 9.17) is 0 Å². The molecule has 1 amide bonds. The summed E-state index contributed by atoms with van der Waals surface area (Å²) >= 11 is 0. The summed E-state index contributed by atoms with van der Waals surface area (Å²) < 4.78 is 0. The van der Waals surface area contributed by atoms with Crippen LogP contribution in [0.25, 0.3) is 0 Å². The number of amides is 1. The van der Waals surface area contributed by atoms with Crippen molar-refractivity contribution < 1.29 is 4.79 Å². The van der Waals surface area contributed by atoms with Crippen molar-refractivity contribution in [3.8, 4) is 0 Å². The lowest BCUT2D eigenvalue weighted by atomic mass is 10.1. The third-order valence-corrected chi connectivity index (χ3v) is 3.39. The minimum atomic E-state index is -0.0905. The monoisotopic (exact) mass is 303 g/mol. The summed E-state index contributed by atoms with van der Waals surface area (Å²) in [5.74, 6) is -0.0905. The lowest BCUT2D eigenvalue weighted by Crippen LogP contribution is -2.22. The van der Waals surface area contributed by atoms with Gasteiger partial charge < -0.3 is 10.6 Å². The van der Waals surface area contributed by atoms with Crippen LogP contribution in [0.5, 0.6) is 0 Å². The Morgan fingerprint density at radius 1 is 0.870 bits per heavy atom. The lowest BCUT2D eigenvalue weighted by Gasteiger charge is -2.09. The Hall–Kier alpha value is -3.14. The van der Waals surface area contributed by atoms with E-state index < -0.39 is 0 Å². The molecule has 0 aliphatic carbocycles. The van der Waals surface area contributed by atoms with Gasteiger partial charge in [-0.05, 0) is 35.9 Å². The Balaban J connectivity index is 1.65. The molecular formula is C19H17N3O. The molecule has 23 heavy (non-hydrogen) atoms. The number of hydrogen-bond donors (Lipinski definition) is 2. The first-order valence-corrected chi connectivity index (χ1v) is 7.40. The van der Waals surface area contributed by atoms with Gasteiger partial charge in [0.2, 0.25) is 0 Å². The Labute approximate surface area is 135 Å². The fourth-order valence-electron chi connectivity index (χ4n) is 2.22. The van der Waals surface area contributed by atoms with Crippen LogP contribution in [0.1, 0.15) is 15.9 Å². The topological polar surface area (TPSA) is 54.0 Å². The maximum Gasteiger partial charge on any atom is 0.251 e. The number of pyridine rings is 1. The van der Waals surface area contributed by atoms with Crippen molar-refractivity contribution >= 4 is 17.3 Å². The highest BCUT2D eigenvalue weighted by Crippen LogP contribution is 2.17. The van der Waals surface area contributed by atoms with Crippen LogP contribution in [0.4, 0.5) is 11.4 Å². The molecule has 2 aromatic carbocycles. The van der Waals surface area contributed by atoms with Crippen LogP contribution in [0.15, 0.2) is 79.1 Å². The fourth-order valence-corrected chi connectivity index (χ4v) is 2.22. The van der Waals surface area contributed by atoms with E-state index in [0.29, 0.717) is 12.1 Å². The predicted octanol–water partition coefficient (Wildman–Crippen LogP) is 3.76. The maximum absolute atomic E-state index is 12.3. The van der Waals surface area contributed by atoms with Crippen LogP contribution < -0.4 is 10.6 Å². The average Bonchev–Trinajstić information content (AvgIpc) is 2.62. The predicted molar refractivity (Wildman–Crippen MR) is 91.6 cm³/mol. The average molecular weight is 303 g/mol. The Kier molecular flexibility index (Phi) is 4.64.